The van der Waals surface area contributed by atoms with Crippen molar-refractivity contribution in [1.82, 2.24) is 15.0 Å². The van der Waals surface area contributed by atoms with Crippen LogP contribution in [0.25, 0.3) is 21.9 Å². The standard InChI is InChI=1S/C12H10FN3O/c1-2-17-12-11-10(14-6-15-12)8-5-7(13)3-4-9(8)16-11/h3-6,16H,2H2,1H3. The smallest absolute Gasteiger partial charge is 0.241 e. The molecular formula is C12H10FN3O. The van der Waals surface area contributed by atoms with Gasteiger partial charge < -0.3 is 9.72 Å². The van der Waals surface area contributed by atoms with Crippen LogP contribution in [0.15, 0.2) is 24.5 Å². The molecular weight excluding hydrogens is 221 g/mol. The lowest BCUT2D eigenvalue weighted by atomic mass is 10.2. The minimum atomic E-state index is -0.282. The SMILES string of the molecule is CCOc1ncnc2c1[nH]c1ccc(F)cc12. The molecule has 0 aliphatic carbocycles. The first-order valence-corrected chi connectivity index (χ1v) is 5.34. The van der Waals surface area contributed by atoms with Crippen LogP contribution in [0.5, 0.6) is 5.88 Å². The number of rotatable bonds is 2. The molecule has 0 unspecified atom stereocenters. The Bertz CT molecular complexity index is 693. The zero-order chi connectivity index (χ0) is 11.8. The van der Waals surface area contributed by atoms with Gasteiger partial charge >= 0.3 is 0 Å². The molecule has 1 aromatic carbocycles. The summed E-state index contributed by atoms with van der Waals surface area (Å²) in [5.41, 5.74) is 2.20. The predicted molar refractivity (Wildman–Crippen MR) is 62.5 cm³/mol. The molecule has 0 bridgehead atoms. The summed E-state index contributed by atoms with van der Waals surface area (Å²) in [7, 11) is 0. The van der Waals surface area contributed by atoms with Crippen LogP contribution < -0.4 is 4.74 Å². The van der Waals surface area contributed by atoms with Crippen molar-refractivity contribution in [3.8, 4) is 5.88 Å². The molecule has 17 heavy (non-hydrogen) atoms. The van der Waals surface area contributed by atoms with Crippen molar-refractivity contribution in [3.63, 3.8) is 0 Å². The second kappa shape index (κ2) is 3.69. The van der Waals surface area contributed by atoms with Crippen LogP contribution in [-0.2, 0) is 0 Å². The highest BCUT2D eigenvalue weighted by atomic mass is 19.1. The van der Waals surface area contributed by atoms with Gasteiger partial charge in [-0.25, -0.2) is 9.37 Å². The number of ether oxygens (including phenoxy) is 1. The third-order valence-electron chi connectivity index (χ3n) is 2.59. The summed E-state index contributed by atoms with van der Waals surface area (Å²) < 4.78 is 18.6. The van der Waals surface area contributed by atoms with Crippen molar-refractivity contribution >= 4 is 21.9 Å². The first-order chi connectivity index (χ1) is 8.29. The molecule has 0 amide bonds. The maximum absolute atomic E-state index is 13.2. The molecule has 86 valence electrons. The highest BCUT2D eigenvalue weighted by Gasteiger charge is 2.11. The fourth-order valence-electron chi connectivity index (χ4n) is 1.89. The number of aromatic amines is 1. The summed E-state index contributed by atoms with van der Waals surface area (Å²) in [5.74, 6) is 0.212. The number of nitrogens with zero attached hydrogens (tertiary/aromatic N) is 2. The number of fused-ring (bicyclic) bond motifs is 3. The van der Waals surface area contributed by atoms with Crippen LogP contribution in [0.3, 0.4) is 0 Å². The van der Waals surface area contributed by atoms with E-state index in [1.807, 2.05) is 6.92 Å². The molecule has 3 aromatic rings. The van der Waals surface area contributed by atoms with Crippen LogP contribution >= 0.6 is 0 Å². The molecule has 0 radical (unpaired) electrons. The lowest BCUT2D eigenvalue weighted by Crippen LogP contribution is -1.95. The third kappa shape index (κ3) is 1.51. The second-order valence-electron chi connectivity index (χ2n) is 3.65. The average Bonchev–Trinajstić information content (AvgIpc) is 2.69. The minimum Gasteiger partial charge on any atom is -0.476 e. The highest BCUT2D eigenvalue weighted by Crippen LogP contribution is 2.28. The van der Waals surface area contributed by atoms with Gasteiger partial charge in [0.25, 0.3) is 0 Å². The Hall–Kier alpha value is -2.17. The van der Waals surface area contributed by atoms with E-state index in [0.717, 1.165) is 10.9 Å². The largest absolute Gasteiger partial charge is 0.476 e. The van der Waals surface area contributed by atoms with Crippen LogP contribution in [-0.4, -0.2) is 21.6 Å². The molecule has 4 nitrogen and oxygen atoms in total. The van der Waals surface area contributed by atoms with E-state index >= 15 is 0 Å². The summed E-state index contributed by atoms with van der Waals surface area (Å²) in [4.78, 5) is 11.4. The van der Waals surface area contributed by atoms with Crippen molar-refractivity contribution in [2.24, 2.45) is 0 Å². The molecule has 0 aliphatic heterocycles. The first-order valence-electron chi connectivity index (χ1n) is 5.34. The average molecular weight is 231 g/mol. The first kappa shape index (κ1) is 10.0. The Morgan fingerprint density at radius 2 is 2.24 bits per heavy atom. The maximum atomic E-state index is 13.2. The molecule has 0 saturated heterocycles. The second-order valence-corrected chi connectivity index (χ2v) is 3.65. The van der Waals surface area contributed by atoms with Gasteiger partial charge in [-0.15, -0.1) is 0 Å². The van der Waals surface area contributed by atoms with Gasteiger partial charge in [-0.1, -0.05) is 0 Å². The van der Waals surface area contributed by atoms with Gasteiger partial charge in [-0.3, -0.25) is 0 Å². The zero-order valence-electron chi connectivity index (χ0n) is 9.20. The Balaban J connectivity index is 2.38. The normalized spacial score (nSPS) is 11.2. The quantitative estimate of drug-likeness (QED) is 0.737. The van der Waals surface area contributed by atoms with E-state index < -0.39 is 0 Å². The van der Waals surface area contributed by atoms with Gasteiger partial charge in [0.2, 0.25) is 5.88 Å². The number of H-pyrrole nitrogens is 1. The van der Waals surface area contributed by atoms with Crippen molar-refractivity contribution in [2.45, 2.75) is 6.92 Å². The lowest BCUT2D eigenvalue weighted by molar-refractivity contribution is 0.330. The van der Waals surface area contributed by atoms with E-state index in [0.29, 0.717) is 23.5 Å². The highest BCUT2D eigenvalue weighted by molar-refractivity contribution is 6.06. The lowest BCUT2D eigenvalue weighted by Gasteiger charge is -2.01. The molecule has 2 aromatic heterocycles. The van der Waals surface area contributed by atoms with Gasteiger partial charge in [0.05, 0.1) is 6.61 Å². The van der Waals surface area contributed by atoms with E-state index in [1.165, 1.54) is 18.5 Å². The topological polar surface area (TPSA) is 50.8 Å². The molecule has 5 heteroatoms. The molecule has 0 fully saturated rings. The summed E-state index contributed by atoms with van der Waals surface area (Å²) in [5, 5.41) is 0.739. The Morgan fingerprint density at radius 3 is 3.06 bits per heavy atom. The number of nitrogens with one attached hydrogen (secondary N) is 1. The number of hydrogen-bond acceptors (Lipinski definition) is 3. The third-order valence-corrected chi connectivity index (χ3v) is 2.59. The zero-order valence-corrected chi connectivity index (χ0v) is 9.20. The minimum absolute atomic E-state index is 0.282. The monoisotopic (exact) mass is 231 g/mol. The van der Waals surface area contributed by atoms with Crippen molar-refractivity contribution in [3.05, 3.63) is 30.3 Å². The predicted octanol–water partition coefficient (Wildman–Crippen LogP) is 2.65. The maximum Gasteiger partial charge on any atom is 0.241 e. The molecule has 0 spiro atoms. The van der Waals surface area contributed by atoms with Crippen LogP contribution in [0.1, 0.15) is 6.92 Å². The Morgan fingerprint density at radius 1 is 1.35 bits per heavy atom. The van der Waals surface area contributed by atoms with Crippen LogP contribution in [0.4, 0.5) is 4.39 Å². The number of benzene rings is 1. The molecule has 0 atom stereocenters. The van der Waals surface area contributed by atoms with Gasteiger partial charge in [-0.05, 0) is 25.1 Å². The Kier molecular flexibility index (Phi) is 2.18. The molecule has 1 N–H and O–H groups in total. The van der Waals surface area contributed by atoms with E-state index in [4.69, 9.17) is 4.74 Å². The molecule has 0 aliphatic rings. The molecule has 2 heterocycles. The van der Waals surface area contributed by atoms with Crippen LogP contribution in [0.2, 0.25) is 0 Å². The summed E-state index contributed by atoms with van der Waals surface area (Å²) in [6.07, 6.45) is 1.42. The van der Waals surface area contributed by atoms with Gasteiger partial charge in [0.15, 0.2) is 0 Å². The summed E-state index contributed by atoms with van der Waals surface area (Å²) >= 11 is 0. The fraction of sp³-hybridized carbons (Fsp3) is 0.167. The summed E-state index contributed by atoms with van der Waals surface area (Å²) in [6.45, 7) is 2.41. The van der Waals surface area contributed by atoms with Crippen molar-refractivity contribution in [2.75, 3.05) is 6.61 Å². The van der Waals surface area contributed by atoms with Gasteiger partial charge in [-0.2, -0.15) is 4.98 Å². The number of hydrogen-bond donors (Lipinski definition) is 1. The van der Waals surface area contributed by atoms with Gasteiger partial charge in [0.1, 0.15) is 23.2 Å². The number of aromatic nitrogens is 3. The summed E-state index contributed by atoms with van der Waals surface area (Å²) in [6, 6.07) is 4.55. The van der Waals surface area contributed by atoms with E-state index in [-0.39, 0.29) is 5.82 Å². The van der Waals surface area contributed by atoms with E-state index in [1.54, 1.807) is 6.07 Å². The van der Waals surface area contributed by atoms with Crippen LogP contribution in [0, 0.1) is 5.82 Å². The van der Waals surface area contributed by atoms with E-state index in [9.17, 15) is 4.39 Å². The van der Waals surface area contributed by atoms with E-state index in [2.05, 4.69) is 15.0 Å². The van der Waals surface area contributed by atoms with Crippen molar-refractivity contribution < 1.29 is 9.13 Å². The number of halogens is 1. The van der Waals surface area contributed by atoms with Crippen molar-refractivity contribution in [1.29, 1.82) is 0 Å². The van der Waals surface area contributed by atoms with Gasteiger partial charge in [0, 0.05) is 10.9 Å². The molecule has 0 saturated carbocycles. The Labute approximate surface area is 96.5 Å². The fourth-order valence-corrected chi connectivity index (χ4v) is 1.89. The molecule has 3 rings (SSSR count).